The molecule has 1 aromatic carbocycles. The first-order valence-corrected chi connectivity index (χ1v) is 4.99. The van der Waals surface area contributed by atoms with E-state index in [9.17, 15) is 13.2 Å². The molecule has 0 aliphatic rings. The lowest BCUT2D eigenvalue weighted by Gasteiger charge is -2.05. The lowest BCUT2D eigenvalue weighted by molar-refractivity contribution is -0.146. The average molecular weight is 230 g/mol. The molecule has 2 aromatic rings. The van der Waals surface area contributed by atoms with Crippen LogP contribution in [0, 0.1) is 0 Å². The molecular formula is C11H13F3N2. The first kappa shape index (κ1) is 12.5. The Morgan fingerprint density at radius 3 is 2.19 bits per heavy atom. The summed E-state index contributed by atoms with van der Waals surface area (Å²) < 4.78 is 38.3. The lowest BCUT2D eigenvalue weighted by atomic mass is 10.3. The topological polar surface area (TPSA) is 17.8 Å². The third-order valence-electron chi connectivity index (χ3n) is 2.04. The summed E-state index contributed by atoms with van der Waals surface area (Å²) in [7, 11) is 1.36. The molecule has 0 fully saturated rings. The van der Waals surface area contributed by atoms with Crippen molar-refractivity contribution in [2.24, 2.45) is 7.05 Å². The van der Waals surface area contributed by atoms with Gasteiger partial charge in [-0.1, -0.05) is 26.0 Å². The van der Waals surface area contributed by atoms with Crippen LogP contribution in [0.3, 0.4) is 0 Å². The van der Waals surface area contributed by atoms with Crippen LogP contribution in [-0.4, -0.2) is 9.55 Å². The highest BCUT2D eigenvalue weighted by atomic mass is 19.4. The van der Waals surface area contributed by atoms with Gasteiger partial charge in [-0.05, 0) is 12.1 Å². The average Bonchev–Trinajstić information content (AvgIpc) is 2.60. The van der Waals surface area contributed by atoms with Gasteiger partial charge >= 0.3 is 6.18 Å². The van der Waals surface area contributed by atoms with Gasteiger partial charge in [0.1, 0.15) is 0 Å². The van der Waals surface area contributed by atoms with Gasteiger partial charge in [0.05, 0.1) is 11.0 Å². The quantitative estimate of drug-likeness (QED) is 0.675. The highest BCUT2D eigenvalue weighted by Gasteiger charge is 2.36. The van der Waals surface area contributed by atoms with Crippen LogP contribution in [-0.2, 0) is 13.2 Å². The number of imidazole rings is 1. The van der Waals surface area contributed by atoms with E-state index in [-0.39, 0.29) is 0 Å². The number of benzene rings is 1. The number of aryl methyl sites for hydroxylation is 1. The Labute approximate surface area is 91.7 Å². The fourth-order valence-corrected chi connectivity index (χ4v) is 1.40. The predicted molar refractivity (Wildman–Crippen MR) is 57.1 cm³/mol. The van der Waals surface area contributed by atoms with Crippen molar-refractivity contribution in [1.29, 1.82) is 0 Å². The van der Waals surface area contributed by atoms with Gasteiger partial charge in [0, 0.05) is 7.05 Å². The summed E-state index contributed by atoms with van der Waals surface area (Å²) >= 11 is 0. The Kier molecular flexibility index (Phi) is 3.57. The van der Waals surface area contributed by atoms with Crippen LogP contribution < -0.4 is 0 Å². The SMILES string of the molecule is CC.Cn1c(C(F)(F)F)nc2ccccc21. The summed E-state index contributed by atoms with van der Waals surface area (Å²) in [5.41, 5.74) is 0.849. The second-order valence-corrected chi connectivity index (χ2v) is 2.98. The molecule has 0 aliphatic carbocycles. The van der Waals surface area contributed by atoms with Crippen LogP contribution in [0.4, 0.5) is 13.2 Å². The van der Waals surface area contributed by atoms with Gasteiger partial charge in [0.15, 0.2) is 0 Å². The summed E-state index contributed by atoms with van der Waals surface area (Å²) in [6, 6.07) is 6.52. The molecule has 2 rings (SSSR count). The van der Waals surface area contributed by atoms with Crippen molar-refractivity contribution in [3.63, 3.8) is 0 Å². The fourth-order valence-electron chi connectivity index (χ4n) is 1.40. The lowest BCUT2D eigenvalue weighted by Crippen LogP contribution is -2.12. The van der Waals surface area contributed by atoms with Crippen LogP contribution in [0.15, 0.2) is 24.3 Å². The monoisotopic (exact) mass is 230 g/mol. The van der Waals surface area contributed by atoms with Gasteiger partial charge in [0.25, 0.3) is 0 Å². The molecule has 0 aliphatic heterocycles. The highest BCUT2D eigenvalue weighted by Crippen LogP contribution is 2.30. The van der Waals surface area contributed by atoms with Crippen LogP contribution >= 0.6 is 0 Å². The molecular weight excluding hydrogens is 217 g/mol. The molecule has 0 spiro atoms. The second kappa shape index (κ2) is 4.55. The number of halogens is 3. The van der Waals surface area contributed by atoms with Crippen molar-refractivity contribution in [1.82, 2.24) is 9.55 Å². The Morgan fingerprint density at radius 1 is 1.12 bits per heavy atom. The van der Waals surface area contributed by atoms with E-state index in [4.69, 9.17) is 0 Å². The molecule has 0 unspecified atom stereocenters. The van der Waals surface area contributed by atoms with Crippen LogP contribution in [0.25, 0.3) is 11.0 Å². The number of hydrogen-bond donors (Lipinski definition) is 0. The minimum absolute atomic E-state index is 0.363. The van der Waals surface area contributed by atoms with Crippen LogP contribution in [0.1, 0.15) is 19.7 Å². The van der Waals surface area contributed by atoms with Crippen molar-refractivity contribution < 1.29 is 13.2 Å². The zero-order valence-corrected chi connectivity index (χ0v) is 9.34. The number of fused-ring (bicyclic) bond motifs is 1. The maximum Gasteiger partial charge on any atom is 0.449 e. The summed E-state index contributed by atoms with van der Waals surface area (Å²) in [5.74, 6) is -0.862. The van der Waals surface area contributed by atoms with Gasteiger partial charge in [0.2, 0.25) is 5.82 Å². The molecule has 16 heavy (non-hydrogen) atoms. The number of para-hydroxylation sites is 2. The maximum atomic E-state index is 12.4. The summed E-state index contributed by atoms with van der Waals surface area (Å²) in [5, 5.41) is 0. The molecule has 0 atom stereocenters. The van der Waals surface area contributed by atoms with Crippen molar-refractivity contribution in [2.45, 2.75) is 20.0 Å². The van der Waals surface area contributed by atoms with Crippen molar-refractivity contribution in [3.05, 3.63) is 30.1 Å². The zero-order chi connectivity index (χ0) is 12.3. The van der Waals surface area contributed by atoms with Crippen LogP contribution in [0.5, 0.6) is 0 Å². The number of alkyl halides is 3. The molecule has 5 heteroatoms. The number of aromatic nitrogens is 2. The van der Waals surface area contributed by atoms with E-state index in [0.717, 1.165) is 4.57 Å². The second-order valence-electron chi connectivity index (χ2n) is 2.98. The minimum atomic E-state index is -4.40. The molecule has 1 aromatic heterocycles. The fraction of sp³-hybridized carbons (Fsp3) is 0.364. The molecule has 0 radical (unpaired) electrons. The maximum absolute atomic E-state index is 12.4. The van der Waals surface area contributed by atoms with E-state index >= 15 is 0 Å². The normalized spacial score (nSPS) is 11.1. The highest BCUT2D eigenvalue weighted by molar-refractivity contribution is 5.75. The Bertz CT molecular complexity index is 472. The molecule has 1 heterocycles. The molecule has 0 N–H and O–H groups in total. The zero-order valence-electron chi connectivity index (χ0n) is 9.34. The molecule has 2 nitrogen and oxygen atoms in total. The molecule has 0 saturated carbocycles. The van der Waals surface area contributed by atoms with Gasteiger partial charge in [-0.3, -0.25) is 0 Å². The van der Waals surface area contributed by atoms with Gasteiger partial charge in [-0.2, -0.15) is 13.2 Å². The summed E-state index contributed by atoms with van der Waals surface area (Å²) in [6.07, 6.45) is -4.40. The van der Waals surface area contributed by atoms with Gasteiger partial charge in [-0.15, -0.1) is 0 Å². The molecule has 88 valence electrons. The minimum Gasteiger partial charge on any atom is -0.323 e. The molecule has 0 bridgehead atoms. The smallest absolute Gasteiger partial charge is 0.323 e. The van der Waals surface area contributed by atoms with E-state index in [2.05, 4.69) is 4.98 Å². The number of hydrogen-bond acceptors (Lipinski definition) is 1. The van der Waals surface area contributed by atoms with Crippen LogP contribution in [0.2, 0.25) is 0 Å². The Hall–Kier alpha value is -1.52. The first-order chi connectivity index (χ1) is 7.50. The van der Waals surface area contributed by atoms with Crippen molar-refractivity contribution >= 4 is 11.0 Å². The standard InChI is InChI=1S/C9H7F3N2.C2H6/c1-14-7-5-3-2-4-6(7)13-8(14)9(10,11)12;1-2/h2-5H,1H3;1-2H3. The molecule has 0 amide bonds. The Morgan fingerprint density at radius 2 is 1.69 bits per heavy atom. The largest absolute Gasteiger partial charge is 0.449 e. The number of rotatable bonds is 0. The number of nitrogens with zero attached hydrogens (tertiary/aromatic N) is 2. The van der Waals surface area contributed by atoms with E-state index in [0.29, 0.717) is 11.0 Å². The third-order valence-corrected chi connectivity index (χ3v) is 2.04. The predicted octanol–water partition coefficient (Wildman–Crippen LogP) is 3.62. The van der Waals surface area contributed by atoms with Gasteiger partial charge in [-0.25, -0.2) is 4.98 Å². The van der Waals surface area contributed by atoms with Gasteiger partial charge < -0.3 is 4.57 Å². The van der Waals surface area contributed by atoms with Crippen molar-refractivity contribution in [3.8, 4) is 0 Å². The summed E-state index contributed by atoms with van der Waals surface area (Å²) in [4.78, 5) is 3.52. The third kappa shape index (κ3) is 2.18. The Balaban J connectivity index is 0.000000606. The summed E-state index contributed by atoms with van der Waals surface area (Å²) in [6.45, 7) is 4.00. The van der Waals surface area contributed by atoms with E-state index in [1.165, 1.54) is 7.05 Å². The van der Waals surface area contributed by atoms with E-state index in [1.54, 1.807) is 24.3 Å². The van der Waals surface area contributed by atoms with E-state index in [1.807, 2.05) is 13.8 Å². The van der Waals surface area contributed by atoms with Crippen molar-refractivity contribution in [2.75, 3.05) is 0 Å². The first-order valence-electron chi connectivity index (χ1n) is 4.99. The molecule has 0 saturated heterocycles. The van der Waals surface area contributed by atoms with E-state index < -0.39 is 12.0 Å².